The number of benzene rings is 8. The summed E-state index contributed by atoms with van der Waals surface area (Å²) in [7, 11) is 0. The van der Waals surface area contributed by atoms with Crippen molar-refractivity contribution in [3.05, 3.63) is 182 Å². The molecule has 0 N–H and O–H groups in total. The lowest BCUT2D eigenvalue weighted by Gasteiger charge is -2.11. The summed E-state index contributed by atoms with van der Waals surface area (Å²) in [6.07, 6.45) is 0. The number of hydrogen-bond donors (Lipinski definition) is 0. The minimum atomic E-state index is 0.912. The van der Waals surface area contributed by atoms with Crippen LogP contribution in [0.5, 0.6) is 0 Å². The SMILES string of the molecule is c1ccc(-n2c3ccccc3c3ccc(-c4ccc5c(c4)c4ccccc4n5-c4cccc(-c5ccc6oc7ccccc7c6c5)c4)cc32)cc1. The minimum absolute atomic E-state index is 0.912. The maximum Gasteiger partial charge on any atom is 0.135 e. The highest BCUT2D eigenvalue weighted by atomic mass is 16.3. The Morgan fingerprint density at radius 3 is 1.63 bits per heavy atom. The Morgan fingerprint density at radius 2 is 0.804 bits per heavy atom. The molecule has 3 heterocycles. The van der Waals surface area contributed by atoms with E-state index in [1.54, 1.807) is 0 Å². The highest BCUT2D eigenvalue weighted by molar-refractivity contribution is 6.12. The second-order valence-corrected chi connectivity index (χ2v) is 13.4. The Hall–Kier alpha value is -6.84. The fraction of sp³-hybridized carbons (Fsp3) is 0. The molecule has 0 saturated heterocycles. The van der Waals surface area contributed by atoms with Gasteiger partial charge >= 0.3 is 0 Å². The first kappa shape index (κ1) is 28.0. The van der Waals surface area contributed by atoms with Gasteiger partial charge in [0.05, 0.1) is 22.1 Å². The topological polar surface area (TPSA) is 23.0 Å². The Morgan fingerprint density at radius 1 is 0.275 bits per heavy atom. The number of furan rings is 1. The third-order valence-corrected chi connectivity index (χ3v) is 10.5. The number of hydrogen-bond acceptors (Lipinski definition) is 1. The van der Waals surface area contributed by atoms with Crippen LogP contribution in [-0.4, -0.2) is 9.13 Å². The van der Waals surface area contributed by atoms with E-state index in [1.165, 1.54) is 71.6 Å². The molecule has 3 heteroatoms. The van der Waals surface area contributed by atoms with Crippen LogP contribution in [-0.2, 0) is 0 Å². The molecule has 8 aromatic carbocycles. The van der Waals surface area contributed by atoms with Gasteiger partial charge in [-0.25, -0.2) is 0 Å². The van der Waals surface area contributed by atoms with Crippen LogP contribution in [0.4, 0.5) is 0 Å². The average molecular weight is 651 g/mol. The summed E-state index contributed by atoms with van der Waals surface area (Å²) >= 11 is 0. The molecule has 0 aliphatic carbocycles. The first-order valence-electron chi connectivity index (χ1n) is 17.4. The molecule has 0 fully saturated rings. The number of para-hydroxylation sites is 4. The van der Waals surface area contributed by atoms with E-state index in [0.29, 0.717) is 0 Å². The van der Waals surface area contributed by atoms with E-state index in [-0.39, 0.29) is 0 Å². The van der Waals surface area contributed by atoms with E-state index in [9.17, 15) is 0 Å². The normalized spacial score (nSPS) is 11.9. The third-order valence-electron chi connectivity index (χ3n) is 10.5. The molecule has 11 rings (SSSR count). The maximum absolute atomic E-state index is 6.12. The van der Waals surface area contributed by atoms with Crippen molar-refractivity contribution in [1.29, 1.82) is 0 Å². The lowest BCUT2D eigenvalue weighted by molar-refractivity contribution is 0.669. The molecule has 51 heavy (non-hydrogen) atoms. The maximum atomic E-state index is 6.12. The third kappa shape index (κ3) is 4.25. The second-order valence-electron chi connectivity index (χ2n) is 13.4. The minimum Gasteiger partial charge on any atom is -0.456 e. The van der Waals surface area contributed by atoms with E-state index < -0.39 is 0 Å². The molecule has 11 aromatic rings. The molecule has 0 spiro atoms. The smallest absolute Gasteiger partial charge is 0.135 e. The lowest BCUT2D eigenvalue weighted by atomic mass is 10.0. The van der Waals surface area contributed by atoms with Crippen molar-refractivity contribution < 1.29 is 4.42 Å². The van der Waals surface area contributed by atoms with Crippen molar-refractivity contribution in [1.82, 2.24) is 9.13 Å². The molecule has 3 aromatic heterocycles. The van der Waals surface area contributed by atoms with Gasteiger partial charge in [0, 0.05) is 43.7 Å². The van der Waals surface area contributed by atoms with Gasteiger partial charge in [-0.15, -0.1) is 0 Å². The summed E-state index contributed by atoms with van der Waals surface area (Å²) in [5.41, 5.74) is 13.7. The van der Waals surface area contributed by atoms with Crippen molar-refractivity contribution in [3.63, 3.8) is 0 Å². The summed E-state index contributed by atoms with van der Waals surface area (Å²) in [4.78, 5) is 0. The van der Waals surface area contributed by atoms with Gasteiger partial charge in [0.15, 0.2) is 0 Å². The van der Waals surface area contributed by atoms with Gasteiger partial charge in [0.25, 0.3) is 0 Å². The number of aromatic nitrogens is 2. The largest absolute Gasteiger partial charge is 0.456 e. The van der Waals surface area contributed by atoms with Crippen molar-refractivity contribution in [2.24, 2.45) is 0 Å². The zero-order chi connectivity index (χ0) is 33.5. The standard InChI is InChI=1S/C48H30N2O/c1-2-12-35(13-3-1)49-43-18-7-4-15-37(43)39-24-21-34(30-46(39)49)32-22-25-45-41(28-32)38-16-5-8-19-44(38)50(45)36-14-10-11-31(27-36)33-23-26-48-42(29-33)40-17-6-9-20-47(40)51-48/h1-30H. The van der Waals surface area contributed by atoms with Crippen LogP contribution in [0.1, 0.15) is 0 Å². The first-order valence-corrected chi connectivity index (χ1v) is 17.4. The molecule has 0 radical (unpaired) electrons. The van der Waals surface area contributed by atoms with Crippen LogP contribution < -0.4 is 0 Å². The highest BCUT2D eigenvalue weighted by Gasteiger charge is 2.17. The Labute approximate surface area is 293 Å². The molecule has 0 aliphatic rings. The fourth-order valence-electron chi connectivity index (χ4n) is 8.17. The van der Waals surface area contributed by atoms with E-state index in [0.717, 1.165) is 27.6 Å². The Balaban J connectivity index is 1.07. The molecule has 3 nitrogen and oxygen atoms in total. The molecule has 0 atom stereocenters. The highest BCUT2D eigenvalue weighted by Crippen LogP contribution is 2.39. The van der Waals surface area contributed by atoms with Gasteiger partial charge in [0.1, 0.15) is 11.2 Å². The van der Waals surface area contributed by atoms with Crippen molar-refractivity contribution >= 4 is 65.6 Å². The number of rotatable bonds is 4. The van der Waals surface area contributed by atoms with Gasteiger partial charge < -0.3 is 13.6 Å². The van der Waals surface area contributed by atoms with E-state index in [4.69, 9.17) is 4.42 Å². The van der Waals surface area contributed by atoms with E-state index >= 15 is 0 Å². The Bertz CT molecular complexity index is 3140. The molecule has 0 unspecified atom stereocenters. The number of fused-ring (bicyclic) bond motifs is 9. The van der Waals surface area contributed by atoms with E-state index in [2.05, 4.69) is 179 Å². The van der Waals surface area contributed by atoms with Gasteiger partial charge in [-0.3, -0.25) is 0 Å². The lowest BCUT2D eigenvalue weighted by Crippen LogP contribution is -1.94. The summed E-state index contributed by atoms with van der Waals surface area (Å²) < 4.78 is 10.9. The van der Waals surface area contributed by atoms with Crippen LogP contribution in [0.25, 0.3) is 99.2 Å². The van der Waals surface area contributed by atoms with Crippen LogP contribution in [0.2, 0.25) is 0 Å². The summed E-state index contributed by atoms with van der Waals surface area (Å²) in [5.74, 6) is 0. The molecule has 0 aliphatic heterocycles. The first-order chi connectivity index (χ1) is 25.3. The number of nitrogens with zero attached hydrogens (tertiary/aromatic N) is 2. The molecular weight excluding hydrogens is 621 g/mol. The van der Waals surface area contributed by atoms with Gasteiger partial charge in [-0.1, -0.05) is 109 Å². The van der Waals surface area contributed by atoms with Crippen molar-refractivity contribution in [2.45, 2.75) is 0 Å². The fourth-order valence-corrected chi connectivity index (χ4v) is 8.17. The monoisotopic (exact) mass is 650 g/mol. The quantitative estimate of drug-likeness (QED) is 0.186. The zero-order valence-corrected chi connectivity index (χ0v) is 27.6. The predicted octanol–water partition coefficient (Wildman–Crippen LogP) is 13.1. The van der Waals surface area contributed by atoms with Crippen LogP contribution >= 0.6 is 0 Å². The molecule has 0 bridgehead atoms. The molecule has 0 amide bonds. The van der Waals surface area contributed by atoms with Crippen LogP contribution in [0.3, 0.4) is 0 Å². The molecule has 0 saturated carbocycles. The summed E-state index contributed by atoms with van der Waals surface area (Å²) in [6.45, 7) is 0. The summed E-state index contributed by atoms with van der Waals surface area (Å²) in [6, 6.07) is 65.6. The van der Waals surface area contributed by atoms with Gasteiger partial charge in [-0.2, -0.15) is 0 Å². The van der Waals surface area contributed by atoms with Crippen LogP contribution in [0, 0.1) is 0 Å². The van der Waals surface area contributed by atoms with Gasteiger partial charge in [-0.05, 0) is 95.1 Å². The Kier molecular flexibility index (Phi) is 5.96. The second kappa shape index (κ2) is 10.8. The van der Waals surface area contributed by atoms with Crippen LogP contribution in [0.15, 0.2) is 186 Å². The molecular formula is C48H30N2O. The average Bonchev–Trinajstić information content (AvgIpc) is 3.85. The summed E-state index contributed by atoms with van der Waals surface area (Å²) in [5, 5.41) is 7.29. The van der Waals surface area contributed by atoms with E-state index in [1.807, 2.05) is 12.1 Å². The van der Waals surface area contributed by atoms with Crippen molar-refractivity contribution in [3.8, 4) is 33.6 Å². The van der Waals surface area contributed by atoms with Crippen molar-refractivity contribution in [2.75, 3.05) is 0 Å². The zero-order valence-electron chi connectivity index (χ0n) is 27.6. The predicted molar refractivity (Wildman–Crippen MR) is 213 cm³/mol. The molecule has 238 valence electrons. The van der Waals surface area contributed by atoms with Gasteiger partial charge in [0.2, 0.25) is 0 Å².